The van der Waals surface area contributed by atoms with Crippen molar-refractivity contribution in [3.63, 3.8) is 0 Å². The lowest BCUT2D eigenvalue weighted by Crippen LogP contribution is -2.43. The molecule has 0 saturated carbocycles. The Bertz CT molecular complexity index is 1200. The van der Waals surface area contributed by atoms with Crippen LogP contribution in [0.1, 0.15) is 28.8 Å². The largest absolute Gasteiger partial charge is 0.497 e. The molecule has 1 saturated heterocycles. The third-order valence-corrected chi connectivity index (χ3v) is 7.73. The molecule has 11 heteroatoms. The van der Waals surface area contributed by atoms with Gasteiger partial charge in [0, 0.05) is 24.7 Å². The van der Waals surface area contributed by atoms with Crippen LogP contribution in [0, 0.1) is 6.92 Å². The summed E-state index contributed by atoms with van der Waals surface area (Å²) in [7, 11) is 1.52. The Balaban J connectivity index is 1.96. The Morgan fingerprint density at radius 2 is 1.68 bits per heavy atom. The highest BCUT2D eigenvalue weighted by molar-refractivity contribution is 7.89. The summed E-state index contributed by atoms with van der Waals surface area (Å²) in [6, 6.07) is 6.64. The SMILES string of the molecule is COC(=O)c1cc(OC)c(OC)cc1NC(=O)C1CCCN1S(=O)(=O)c1cc(OC)ccc1C. The quantitative estimate of drug-likeness (QED) is 0.559. The number of esters is 1. The van der Waals surface area contributed by atoms with E-state index in [9.17, 15) is 18.0 Å². The monoisotopic (exact) mass is 492 g/mol. The Hall–Kier alpha value is -3.31. The van der Waals surface area contributed by atoms with Crippen LogP contribution in [-0.4, -0.2) is 65.6 Å². The van der Waals surface area contributed by atoms with E-state index in [0.29, 0.717) is 24.2 Å². The van der Waals surface area contributed by atoms with Crippen LogP contribution in [-0.2, 0) is 19.6 Å². The van der Waals surface area contributed by atoms with Crippen LogP contribution in [0.5, 0.6) is 17.2 Å². The zero-order valence-corrected chi connectivity index (χ0v) is 20.5. The lowest BCUT2D eigenvalue weighted by molar-refractivity contribution is -0.119. The van der Waals surface area contributed by atoms with E-state index in [1.807, 2.05) is 0 Å². The van der Waals surface area contributed by atoms with Crippen LogP contribution in [0.2, 0.25) is 0 Å². The fourth-order valence-electron chi connectivity index (χ4n) is 3.88. The molecule has 1 atom stereocenters. The smallest absolute Gasteiger partial charge is 0.340 e. The number of sulfonamides is 1. The predicted molar refractivity (Wildman–Crippen MR) is 124 cm³/mol. The van der Waals surface area contributed by atoms with E-state index in [-0.39, 0.29) is 34.2 Å². The van der Waals surface area contributed by atoms with E-state index in [2.05, 4.69) is 5.32 Å². The van der Waals surface area contributed by atoms with Gasteiger partial charge in [-0.2, -0.15) is 4.31 Å². The molecule has 1 amide bonds. The van der Waals surface area contributed by atoms with Gasteiger partial charge in [0.1, 0.15) is 11.8 Å². The molecule has 2 aromatic rings. The maximum Gasteiger partial charge on any atom is 0.340 e. The number of methoxy groups -OCH3 is 4. The van der Waals surface area contributed by atoms with E-state index in [1.54, 1.807) is 19.1 Å². The van der Waals surface area contributed by atoms with Crippen molar-refractivity contribution in [2.75, 3.05) is 40.3 Å². The van der Waals surface area contributed by atoms with E-state index >= 15 is 0 Å². The Morgan fingerprint density at radius 1 is 1.00 bits per heavy atom. The number of nitrogens with one attached hydrogen (secondary N) is 1. The molecule has 34 heavy (non-hydrogen) atoms. The minimum Gasteiger partial charge on any atom is -0.497 e. The normalized spacial score (nSPS) is 16.1. The van der Waals surface area contributed by atoms with Crippen molar-refractivity contribution in [1.29, 1.82) is 0 Å². The molecule has 0 aliphatic carbocycles. The average molecular weight is 493 g/mol. The number of hydrogen-bond donors (Lipinski definition) is 1. The second kappa shape index (κ2) is 10.3. The number of rotatable bonds is 8. The lowest BCUT2D eigenvalue weighted by Gasteiger charge is -2.25. The molecular weight excluding hydrogens is 464 g/mol. The molecule has 1 aliphatic heterocycles. The standard InChI is InChI=1S/C23H28N2O8S/c1-14-8-9-15(30-2)11-21(14)34(28,29)25-10-6-7-18(25)22(26)24-17-13-20(32-4)19(31-3)12-16(17)23(27)33-5/h8-9,11-13,18H,6-7,10H2,1-5H3,(H,24,26). The zero-order valence-electron chi connectivity index (χ0n) is 19.7. The van der Waals surface area contributed by atoms with E-state index in [4.69, 9.17) is 18.9 Å². The molecule has 10 nitrogen and oxygen atoms in total. The Kier molecular flexibility index (Phi) is 7.68. The summed E-state index contributed by atoms with van der Waals surface area (Å²) >= 11 is 0. The summed E-state index contributed by atoms with van der Waals surface area (Å²) in [6.07, 6.45) is 0.838. The summed E-state index contributed by atoms with van der Waals surface area (Å²) in [6.45, 7) is 1.87. The summed E-state index contributed by atoms with van der Waals surface area (Å²) in [5.74, 6) is -0.302. The van der Waals surface area contributed by atoms with Crippen LogP contribution in [0.25, 0.3) is 0 Å². The van der Waals surface area contributed by atoms with Gasteiger partial charge < -0.3 is 24.3 Å². The number of ether oxygens (including phenoxy) is 4. The van der Waals surface area contributed by atoms with E-state index < -0.39 is 27.9 Å². The minimum atomic E-state index is -3.99. The van der Waals surface area contributed by atoms with Gasteiger partial charge in [-0.15, -0.1) is 0 Å². The van der Waals surface area contributed by atoms with Gasteiger partial charge in [-0.1, -0.05) is 6.07 Å². The van der Waals surface area contributed by atoms with E-state index in [1.165, 1.54) is 50.9 Å². The molecule has 1 unspecified atom stereocenters. The van der Waals surface area contributed by atoms with Gasteiger partial charge in [0.15, 0.2) is 11.5 Å². The molecule has 184 valence electrons. The lowest BCUT2D eigenvalue weighted by atomic mass is 10.1. The van der Waals surface area contributed by atoms with E-state index in [0.717, 1.165) is 0 Å². The maximum absolute atomic E-state index is 13.5. The van der Waals surface area contributed by atoms with Crippen molar-refractivity contribution in [1.82, 2.24) is 4.31 Å². The van der Waals surface area contributed by atoms with Crippen LogP contribution in [0.4, 0.5) is 5.69 Å². The summed E-state index contributed by atoms with van der Waals surface area (Å²) < 4.78 is 48.6. The Labute approximate surface area is 198 Å². The highest BCUT2D eigenvalue weighted by Gasteiger charge is 2.40. The number of nitrogens with zero attached hydrogens (tertiary/aromatic N) is 1. The summed E-state index contributed by atoms with van der Waals surface area (Å²) in [5, 5.41) is 2.68. The van der Waals surface area contributed by atoms with Crippen molar-refractivity contribution >= 4 is 27.6 Å². The second-order valence-electron chi connectivity index (χ2n) is 7.64. The zero-order chi connectivity index (χ0) is 25.0. The van der Waals surface area contributed by atoms with Crippen LogP contribution >= 0.6 is 0 Å². The van der Waals surface area contributed by atoms with Gasteiger partial charge in [0.05, 0.1) is 44.6 Å². The fourth-order valence-corrected chi connectivity index (χ4v) is 5.78. The van der Waals surface area contributed by atoms with Crippen molar-refractivity contribution < 1.29 is 37.0 Å². The maximum atomic E-state index is 13.5. The van der Waals surface area contributed by atoms with Gasteiger partial charge in [-0.3, -0.25) is 4.79 Å². The first-order valence-corrected chi connectivity index (χ1v) is 11.9. The molecule has 3 rings (SSSR count). The fraction of sp³-hybridized carbons (Fsp3) is 0.391. The van der Waals surface area contributed by atoms with Gasteiger partial charge in [-0.05, 0) is 31.4 Å². The number of carbonyl (C=O) groups excluding carboxylic acids is 2. The molecular formula is C23H28N2O8S. The van der Waals surface area contributed by atoms with Crippen molar-refractivity contribution in [2.24, 2.45) is 0 Å². The van der Waals surface area contributed by atoms with Gasteiger partial charge in [0.2, 0.25) is 15.9 Å². The third kappa shape index (κ3) is 4.80. The number of benzene rings is 2. The van der Waals surface area contributed by atoms with Crippen LogP contribution < -0.4 is 19.5 Å². The van der Waals surface area contributed by atoms with Crippen LogP contribution in [0.15, 0.2) is 35.2 Å². The highest BCUT2D eigenvalue weighted by atomic mass is 32.2. The minimum absolute atomic E-state index is 0.0459. The predicted octanol–water partition coefficient (Wildman–Crippen LogP) is 2.60. The number of anilines is 1. The third-order valence-electron chi connectivity index (χ3n) is 5.68. The van der Waals surface area contributed by atoms with Gasteiger partial charge in [-0.25, -0.2) is 13.2 Å². The highest BCUT2D eigenvalue weighted by Crippen LogP contribution is 2.35. The first-order valence-electron chi connectivity index (χ1n) is 10.5. The molecule has 1 aliphatic rings. The number of hydrogen-bond acceptors (Lipinski definition) is 8. The molecule has 1 heterocycles. The van der Waals surface area contributed by atoms with Crippen LogP contribution in [0.3, 0.4) is 0 Å². The molecule has 0 spiro atoms. The van der Waals surface area contributed by atoms with Crippen molar-refractivity contribution in [3.8, 4) is 17.2 Å². The topological polar surface area (TPSA) is 120 Å². The van der Waals surface area contributed by atoms with Crippen molar-refractivity contribution in [2.45, 2.75) is 30.7 Å². The van der Waals surface area contributed by atoms with Gasteiger partial charge in [0.25, 0.3) is 0 Å². The molecule has 0 radical (unpaired) electrons. The summed E-state index contributed by atoms with van der Waals surface area (Å²) in [4.78, 5) is 25.7. The second-order valence-corrected chi connectivity index (χ2v) is 9.50. The number of aryl methyl sites for hydroxylation is 1. The van der Waals surface area contributed by atoms with Gasteiger partial charge >= 0.3 is 5.97 Å². The molecule has 1 fully saturated rings. The molecule has 2 aromatic carbocycles. The molecule has 1 N–H and O–H groups in total. The molecule has 0 aromatic heterocycles. The van der Waals surface area contributed by atoms with Crippen molar-refractivity contribution in [3.05, 3.63) is 41.5 Å². The number of carbonyl (C=O) groups is 2. The summed E-state index contributed by atoms with van der Waals surface area (Å²) in [5.41, 5.74) is 0.709. The first kappa shape index (κ1) is 25.3. The average Bonchev–Trinajstić information content (AvgIpc) is 3.34. The number of amides is 1. The first-order chi connectivity index (χ1) is 16.2. The Morgan fingerprint density at radius 3 is 2.29 bits per heavy atom. The molecule has 0 bridgehead atoms.